The highest BCUT2D eigenvalue weighted by atomic mass is 32.2. The second kappa shape index (κ2) is 47.1. The van der Waals surface area contributed by atoms with Crippen molar-refractivity contribution in [1.82, 2.24) is 45.3 Å². The molecule has 636 valence electrons. The van der Waals surface area contributed by atoms with Crippen molar-refractivity contribution in [1.29, 1.82) is 0 Å². The molecule has 5 N–H and O–H groups in total. The molecule has 4 aliphatic rings. The van der Waals surface area contributed by atoms with E-state index in [1.807, 2.05) is 159 Å². The minimum Gasteiger partial charge on any atom is -0.467 e. The fourth-order valence-electron chi connectivity index (χ4n) is 14.0. The second-order valence-electron chi connectivity index (χ2n) is 28.5. The van der Waals surface area contributed by atoms with Crippen LogP contribution in [0.2, 0.25) is 0 Å². The minimum atomic E-state index is -1.30. The average Bonchev–Trinajstić information content (AvgIpc) is 1.64. The summed E-state index contributed by atoms with van der Waals surface area (Å²) >= 11 is 1.12. The SMILES string of the molecule is C.C.CCSC(=O)N(CC(=O)CN1C(=O)c2ccccc2C1=O)Cc1ccccc1.COC(=O)C(Cc1ccccc1)NC(=O)C1CCCN1C(=O)C(COCc1ccccc1)NC(=O)N(CC(=O)CN1C(=O)c2ccccc2C1=O)Cc1ccccc1.COC(=O)C(Cc1ccccc1)NC(=O)C1CCCN1C(=O)C(N)COCc1ccccc1. The number of thioether (sulfide) groups is 1. The highest BCUT2D eigenvalue weighted by Crippen LogP contribution is 2.27. The molecule has 8 aromatic rings. The van der Waals surface area contributed by atoms with Crippen LogP contribution in [-0.2, 0) is 96.4 Å². The van der Waals surface area contributed by atoms with E-state index in [0.717, 1.165) is 49.4 Å². The Bertz CT molecular complexity index is 4790. The normalized spacial score (nSPS) is 15.2. The Hall–Kier alpha value is -12.8. The van der Waals surface area contributed by atoms with Gasteiger partial charge in [-0.1, -0.05) is 240 Å². The lowest BCUT2D eigenvalue weighted by molar-refractivity contribution is -0.147. The van der Waals surface area contributed by atoms with Gasteiger partial charge in [0.1, 0.15) is 36.3 Å². The molecule has 6 atom stereocenters. The molecular formula is C92H104N10O18S. The van der Waals surface area contributed by atoms with Gasteiger partial charge in [-0.05, 0) is 89.1 Å². The third-order valence-corrected chi connectivity index (χ3v) is 20.8. The summed E-state index contributed by atoms with van der Waals surface area (Å²) in [5.74, 6) is -5.53. The number of urea groups is 1. The van der Waals surface area contributed by atoms with Crippen molar-refractivity contribution < 1.29 is 86.1 Å². The molecule has 121 heavy (non-hydrogen) atoms. The lowest BCUT2D eigenvalue weighted by Gasteiger charge is -2.31. The number of likely N-dealkylation sites (tertiary alicyclic amines) is 2. The van der Waals surface area contributed by atoms with Crippen molar-refractivity contribution in [2.24, 2.45) is 5.73 Å². The highest BCUT2D eigenvalue weighted by molar-refractivity contribution is 8.13. The van der Waals surface area contributed by atoms with Crippen molar-refractivity contribution in [2.45, 2.75) is 123 Å². The number of nitrogens with two attached hydrogens (primary N) is 1. The Morgan fingerprint density at radius 1 is 0.430 bits per heavy atom. The van der Waals surface area contributed by atoms with E-state index in [1.54, 1.807) is 66.7 Å². The summed E-state index contributed by atoms with van der Waals surface area (Å²) in [5, 5.41) is 8.09. The molecule has 28 nitrogen and oxygen atoms in total. The highest BCUT2D eigenvalue weighted by Gasteiger charge is 2.43. The van der Waals surface area contributed by atoms with E-state index >= 15 is 0 Å². The van der Waals surface area contributed by atoms with Crippen LogP contribution in [-0.4, -0.2) is 220 Å². The van der Waals surface area contributed by atoms with E-state index in [-0.39, 0.29) is 101 Å². The molecule has 0 bridgehead atoms. The zero-order valence-electron chi connectivity index (χ0n) is 66.4. The number of Topliss-reactive ketones (excluding diaryl/α,β-unsaturated/α-hetero) is 2. The van der Waals surface area contributed by atoms with Crippen LogP contribution in [0.1, 0.15) is 122 Å². The predicted molar refractivity (Wildman–Crippen MR) is 454 cm³/mol. The molecule has 4 heterocycles. The molecule has 8 aromatic carbocycles. The molecule has 0 aliphatic carbocycles. The summed E-state index contributed by atoms with van der Waals surface area (Å²) in [6.45, 7) is 1.45. The van der Waals surface area contributed by atoms with E-state index in [1.165, 1.54) is 46.0 Å². The van der Waals surface area contributed by atoms with Crippen molar-refractivity contribution in [3.63, 3.8) is 0 Å². The standard InChI is InChI=1S/C44H45N5O9.C25H31N3O5.C21H20N2O4S.2CH4/c1-57-43(55)36(24-30-14-5-2-6-15-30)45-39(51)38-22-13-23-48(38)42(54)37(29-58-28-32-18-9-4-10-19-32)46-44(56)47(25-31-16-7-3-8-17-31)26-33(50)27-49-40(52)34-20-11-12-21-35(34)41(49)53;1-32-25(31)21(15-18-9-4-2-5-10-18)27-23(29)22-13-8-14-28(22)24(30)20(26)17-33-16-19-11-6-3-7-12-19;1-2-28-21(27)22(12-15-8-4-3-5-9-15)13-16(24)14-23-19(25)17-10-6-7-11-18(17)20(23)26;;/h2-12,14-21,36-38H,13,22-29H2,1H3,(H,45,51)(H,46,56);2-7,9-12,20-22H,8,13-17,26H2,1H3,(H,27,29);3-11H,2,12-14H2,1H3;2*1H4. The first-order valence-corrected chi connectivity index (χ1v) is 40.0. The van der Waals surface area contributed by atoms with Crippen LogP contribution in [0.25, 0.3) is 0 Å². The molecule has 11 amide bonds. The minimum absolute atomic E-state index is 0. The van der Waals surface area contributed by atoms with Gasteiger partial charge in [-0.2, -0.15) is 0 Å². The number of benzene rings is 8. The lowest BCUT2D eigenvalue weighted by Crippen LogP contribution is -2.58. The van der Waals surface area contributed by atoms with Gasteiger partial charge in [0.05, 0.1) is 89.1 Å². The summed E-state index contributed by atoms with van der Waals surface area (Å²) in [4.78, 5) is 190. The van der Waals surface area contributed by atoms with Gasteiger partial charge in [-0.15, -0.1) is 0 Å². The number of carbonyl (C=O) groups excluding carboxylic acids is 14. The molecule has 0 aromatic heterocycles. The van der Waals surface area contributed by atoms with Gasteiger partial charge in [0.2, 0.25) is 23.6 Å². The van der Waals surface area contributed by atoms with Crippen LogP contribution in [0, 0.1) is 0 Å². The molecule has 12 rings (SSSR count). The number of esters is 2. The van der Waals surface area contributed by atoms with E-state index in [2.05, 4.69) is 16.0 Å². The lowest BCUT2D eigenvalue weighted by atomic mass is 10.1. The van der Waals surface area contributed by atoms with Crippen LogP contribution in [0.15, 0.2) is 231 Å². The van der Waals surface area contributed by atoms with Gasteiger partial charge in [0, 0.05) is 39.0 Å². The zero-order chi connectivity index (χ0) is 84.7. The smallest absolute Gasteiger partial charge is 0.328 e. The number of amides is 11. The number of carbonyl (C=O) groups is 14. The second-order valence-corrected chi connectivity index (χ2v) is 29.7. The average molecular weight is 1670 g/mol. The molecular weight excluding hydrogens is 1570 g/mol. The van der Waals surface area contributed by atoms with Crippen molar-refractivity contribution in [3.05, 3.63) is 286 Å². The maximum absolute atomic E-state index is 14.4. The number of imide groups is 2. The van der Waals surface area contributed by atoms with Gasteiger partial charge in [-0.25, -0.2) is 14.4 Å². The fourth-order valence-corrected chi connectivity index (χ4v) is 14.6. The molecule has 6 unspecified atom stereocenters. The first kappa shape index (κ1) is 93.7. The summed E-state index contributed by atoms with van der Waals surface area (Å²) in [6, 6.07) is 62.0. The number of hydrogen-bond donors (Lipinski definition) is 4. The first-order chi connectivity index (χ1) is 57.6. The molecule has 0 spiro atoms. The van der Waals surface area contributed by atoms with Crippen molar-refractivity contribution >= 4 is 93.8 Å². The number of fused-ring (bicyclic) bond motifs is 2. The molecule has 29 heteroatoms. The summed E-state index contributed by atoms with van der Waals surface area (Å²) in [5.41, 5.74) is 12.2. The van der Waals surface area contributed by atoms with E-state index < -0.39 is 109 Å². The van der Waals surface area contributed by atoms with Crippen molar-refractivity contribution in [2.75, 3.05) is 72.5 Å². The van der Waals surface area contributed by atoms with Gasteiger partial charge >= 0.3 is 18.0 Å². The van der Waals surface area contributed by atoms with Crippen LogP contribution < -0.4 is 21.7 Å². The predicted octanol–water partition coefficient (Wildman–Crippen LogP) is 9.46. The Kier molecular flexibility index (Phi) is 36.5. The topological polar surface area (TPSA) is 357 Å². The van der Waals surface area contributed by atoms with E-state index in [4.69, 9.17) is 24.7 Å². The number of ether oxygens (including phenoxy) is 4. The number of nitrogens with zero attached hydrogens (tertiary/aromatic N) is 6. The van der Waals surface area contributed by atoms with Crippen LogP contribution in [0.5, 0.6) is 0 Å². The van der Waals surface area contributed by atoms with E-state index in [9.17, 15) is 67.1 Å². The number of methoxy groups -OCH3 is 2. The Morgan fingerprint density at radius 3 is 1.13 bits per heavy atom. The van der Waals surface area contributed by atoms with Crippen LogP contribution in [0.3, 0.4) is 0 Å². The number of ketones is 2. The summed E-state index contributed by atoms with van der Waals surface area (Å²) < 4.78 is 21.4. The molecule has 0 saturated carbocycles. The maximum Gasteiger partial charge on any atom is 0.328 e. The monoisotopic (exact) mass is 1670 g/mol. The Balaban J connectivity index is 0.000000245. The molecule has 4 aliphatic heterocycles. The first-order valence-electron chi connectivity index (χ1n) is 39.1. The molecule has 0 radical (unpaired) electrons. The fraction of sp³-hybridized carbons (Fsp3) is 0.326. The van der Waals surface area contributed by atoms with Gasteiger partial charge in [0.25, 0.3) is 28.9 Å². The van der Waals surface area contributed by atoms with Crippen molar-refractivity contribution in [3.8, 4) is 0 Å². The van der Waals surface area contributed by atoms with Crippen LogP contribution >= 0.6 is 11.8 Å². The third-order valence-electron chi connectivity index (χ3n) is 20.0. The zero-order valence-corrected chi connectivity index (χ0v) is 67.2. The summed E-state index contributed by atoms with van der Waals surface area (Å²) in [7, 11) is 2.52. The molecule has 2 saturated heterocycles. The number of rotatable bonds is 34. The van der Waals surface area contributed by atoms with Crippen LogP contribution in [0.4, 0.5) is 9.59 Å². The molecule has 2 fully saturated rings. The number of nitrogens with one attached hydrogen (secondary N) is 3. The Morgan fingerprint density at radius 2 is 0.760 bits per heavy atom. The van der Waals surface area contributed by atoms with E-state index in [0.29, 0.717) is 74.2 Å². The summed E-state index contributed by atoms with van der Waals surface area (Å²) in [6.07, 6.45) is 2.47. The van der Waals surface area contributed by atoms with Gasteiger partial charge in [-0.3, -0.25) is 62.5 Å². The van der Waals surface area contributed by atoms with Gasteiger partial charge < -0.3 is 60.2 Å². The largest absolute Gasteiger partial charge is 0.467 e. The third kappa shape index (κ3) is 26.3. The quantitative estimate of drug-likeness (QED) is 0.0215. The Labute approximate surface area is 708 Å². The van der Waals surface area contributed by atoms with Gasteiger partial charge in [0.15, 0.2) is 11.6 Å². The number of hydrogen-bond acceptors (Lipinski definition) is 20. The maximum atomic E-state index is 14.4.